The van der Waals surface area contributed by atoms with Gasteiger partial charge in [-0.05, 0) is 54.6 Å². The summed E-state index contributed by atoms with van der Waals surface area (Å²) < 4.78 is 0. The summed E-state index contributed by atoms with van der Waals surface area (Å²) in [5.74, 6) is 0. The minimum atomic E-state index is 0.800. The third kappa shape index (κ3) is 2.93. The molecule has 4 heteroatoms. The van der Waals surface area contributed by atoms with Crippen LogP contribution in [0.2, 0.25) is 0 Å². The van der Waals surface area contributed by atoms with Crippen LogP contribution in [0, 0.1) is 0 Å². The molecule has 0 aromatic heterocycles. The average molecular weight is 382 g/mol. The first-order valence-electron chi connectivity index (χ1n) is 9.11. The molecule has 0 atom stereocenters. The van der Waals surface area contributed by atoms with Crippen LogP contribution in [0.15, 0.2) is 113 Å². The van der Waals surface area contributed by atoms with Crippen molar-refractivity contribution in [3.63, 3.8) is 0 Å². The van der Waals surface area contributed by atoms with Crippen LogP contribution >= 0.6 is 11.8 Å². The SMILES string of the molecule is ON1c2ccccc2Sc2cc(N(c3ccccc3)c3ccccc3)ccc21. The summed E-state index contributed by atoms with van der Waals surface area (Å²) in [6.45, 7) is 0. The highest BCUT2D eigenvalue weighted by Gasteiger charge is 2.23. The fourth-order valence-electron chi connectivity index (χ4n) is 3.47. The van der Waals surface area contributed by atoms with Crippen LogP contribution in [-0.4, -0.2) is 5.21 Å². The highest BCUT2D eigenvalue weighted by atomic mass is 32.2. The first-order valence-corrected chi connectivity index (χ1v) is 9.93. The maximum Gasteiger partial charge on any atom is 0.0834 e. The van der Waals surface area contributed by atoms with Gasteiger partial charge in [-0.1, -0.05) is 60.3 Å². The molecule has 1 N–H and O–H groups in total. The van der Waals surface area contributed by atoms with E-state index in [0.29, 0.717) is 0 Å². The van der Waals surface area contributed by atoms with E-state index in [2.05, 4.69) is 41.3 Å². The summed E-state index contributed by atoms with van der Waals surface area (Å²) in [6, 6.07) is 34.7. The Morgan fingerprint density at radius 3 is 1.82 bits per heavy atom. The number of rotatable bonds is 3. The molecule has 1 aliphatic rings. The Bertz CT molecular complexity index is 1080. The molecule has 4 aromatic rings. The van der Waals surface area contributed by atoms with E-state index in [1.165, 1.54) is 5.06 Å². The quantitative estimate of drug-likeness (QED) is 0.407. The Hall–Kier alpha value is -3.21. The van der Waals surface area contributed by atoms with E-state index in [4.69, 9.17) is 0 Å². The lowest BCUT2D eigenvalue weighted by Crippen LogP contribution is -2.16. The van der Waals surface area contributed by atoms with Crippen molar-refractivity contribution in [2.45, 2.75) is 9.79 Å². The van der Waals surface area contributed by atoms with Crippen molar-refractivity contribution in [2.24, 2.45) is 0 Å². The van der Waals surface area contributed by atoms with E-state index in [1.54, 1.807) is 11.8 Å². The van der Waals surface area contributed by atoms with E-state index < -0.39 is 0 Å². The van der Waals surface area contributed by atoms with Crippen molar-refractivity contribution < 1.29 is 5.21 Å². The lowest BCUT2D eigenvalue weighted by molar-refractivity contribution is 0.296. The van der Waals surface area contributed by atoms with Crippen molar-refractivity contribution in [2.75, 3.05) is 9.96 Å². The zero-order valence-corrected chi connectivity index (χ0v) is 15.9. The van der Waals surface area contributed by atoms with Crippen molar-refractivity contribution in [3.05, 3.63) is 103 Å². The van der Waals surface area contributed by atoms with Gasteiger partial charge in [-0.3, -0.25) is 5.21 Å². The molecule has 0 saturated heterocycles. The molecule has 0 unspecified atom stereocenters. The predicted octanol–water partition coefficient (Wildman–Crippen LogP) is 7.15. The summed E-state index contributed by atoms with van der Waals surface area (Å²) in [4.78, 5) is 4.29. The Labute approximate surface area is 168 Å². The second-order valence-electron chi connectivity index (χ2n) is 6.54. The summed E-state index contributed by atoms with van der Waals surface area (Å²) >= 11 is 1.68. The van der Waals surface area contributed by atoms with Crippen LogP contribution in [0.1, 0.15) is 0 Å². The third-order valence-electron chi connectivity index (χ3n) is 4.77. The lowest BCUT2D eigenvalue weighted by atomic mass is 10.1. The fourth-order valence-corrected chi connectivity index (χ4v) is 4.55. The van der Waals surface area contributed by atoms with Crippen LogP contribution in [0.3, 0.4) is 0 Å². The number of fused-ring (bicyclic) bond motifs is 2. The molecule has 28 heavy (non-hydrogen) atoms. The fraction of sp³-hybridized carbons (Fsp3) is 0. The van der Waals surface area contributed by atoms with Gasteiger partial charge in [-0.15, -0.1) is 0 Å². The molecule has 5 rings (SSSR count). The van der Waals surface area contributed by atoms with Gasteiger partial charge < -0.3 is 4.90 Å². The first kappa shape index (κ1) is 16.9. The molecule has 0 amide bonds. The van der Waals surface area contributed by atoms with Gasteiger partial charge in [0.1, 0.15) is 0 Å². The number of para-hydroxylation sites is 3. The van der Waals surface area contributed by atoms with E-state index in [0.717, 1.165) is 38.2 Å². The molecule has 1 aliphatic heterocycles. The standard InChI is InChI=1S/C24H18N2OS/c27-26-21-13-7-8-14-23(21)28-24-17-20(15-16-22(24)26)25(18-9-3-1-4-10-18)19-11-5-2-6-12-19/h1-17,27H. The number of hydrogen-bond acceptors (Lipinski definition) is 4. The summed E-state index contributed by atoms with van der Waals surface area (Å²) in [6.07, 6.45) is 0. The number of benzene rings is 4. The van der Waals surface area contributed by atoms with Crippen LogP contribution in [-0.2, 0) is 0 Å². The van der Waals surface area contributed by atoms with Crippen LogP contribution in [0.4, 0.5) is 28.4 Å². The molecular weight excluding hydrogens is 364 g/mol. The molecule has 0 fully saturated rings. The van der Waals surface area contributed by atoms with Crippen molar-refractivity contribution >= 4 is 40.2 Å². The van der Waals surface area contributed by atoms with Crippen molar-refractivity contribution in [1.82, 2.24) is 0 Å². The van der Waals surface area contributed by atoms with E-state index >= 15 is 0 Å². The molecule has 0 bridgehead atoms. The van der Waals surface area contributed by atoms with Crippen LogP contribution in [0.25, 0.3) is 0 Å². The highest BCUT2D eigenvalue weighted by molar-refractivity contribution is 7.99. The molecule has 0 spiro atoms. The summed E-state index contributed by atoms with van der Waals surface area (Å²) in [7, 11) is 0. The van der Waals surface area contributed by atoms with Crippen molar-refractivity contribution in [1.29, 1.82) is 0 Å². The van der Waals surface area contributed by atoms with E-state index in [-0.39, 0.29) is 0 Å². The first-order chi connectivity index (χ1) is 13.8. The van der Waals surface area contributed by atoms with Gasteiger partial charge in [0, 0.05) is 26.9 Å². The van der Waals surface area contributed by atoms with Crippen molar-refractivity contribution in [3.8, 4) is 0 Å². The third-order valence-corrected chi connectivity index (χ3v) is 5.88. The van der Waals surface area contributed by atoms with E-state index in [1.807, 2.05) is 66.7 Å². The number of anilines is 5. The minimum absolute atomic E-state index is 0.800. The lowest BCUT2D eigenvalue weighted by Gasteiger charge is -2.30. The van der Waals surface area contributed by atoms with Crippen LogP contribution in [0.5, 0.6) is 0 Å². The van der Waals surface area contributed by atoms with Gasteiger partial charge in [-0.2, -0.15) is 0 Å². The maximum atomic E-state index is 10.7. The number of hydrogen-bond donors (Lipinski definition) is 1. The molecular formula is C24H18N2OS. The molecule has 0 aliphatic carbocycles. The maximum absolute atomic E-state index is 10.7. The molecule has 0 saturated carbocycles. The Morgan fingerprint density at radius 2 is 1.14 bits per heavy atom. The van der Waals surface area contributed by atoms with Gasteiger partial charge in [-0.25, -0.2) is 5.06 Å². The zero-order valence-electron chi connectivity index (χ0n) is 15.1. The van der Waals surface area contributed by atoms with Gasteiger partial charge in [0.25, 0.3) is 0 Å². The largest absolute Gasteiger partial charge is 0.310 e. The molecule has 0 radical (unpaired) electrons. The van der Waals surface area contributed by atoms with Gasteiger partial charge >= 0.3 is 0 Å². The Morgan fingerprint density at radius 1 is 0.571 bits per heavy atom. The van der Waals surface area contributed by atoms with E-state index in [9.17, 15) is 5.21 Å². The predicted molar refractivity (Wildman–Crippen MR) is 116 cm³/mol. The molecule has 3 nitrogen and oxygen atoms in total. The summed E-state index contributed by atoms with van der Waals surface area (Å²) in [5.41, 5.74) is 4.85. The topological polar surface area (TPSA) is 26.7 Å². The Balaban J connectivity index is 1.62. The average Bonchev–Trinajstić information content (AvgIpc) is 2.76. The van der Waals surface area contributed by atoms with Gasteiger partial charge in [0.05, 0.1) is 11.4 Å². The van der Waals surface area contributed by atoms with Gasteiger partial charge in [0.2, 0.25) is 0 Å². The second-order valence-corrected chi connectivity index (χ2v) is 7.62. The second kappa shape index (κ2) is 7.08. The van der Waals surface area contributed by atoms with Gasteiger partial charge in [0.15, 0.2) is 0 Å². The molecule has 4 aromatic carbocycles. The minimum Gasteiger partial charge on any atom is -0.310 e. The molecule has 136 valence electrons. The highest BCUT2D eigenvalue weighted by Crippen LogP contribution is 2.49. The Kier molecular flexibility index (Phi) is 4.28. The zero-order chi connectivity index (χ0) is 18.9. The smallest absolute Gasteiger partial charge is 0.0834 e. The number of nitrogens with zero attached hydrogens (tertiary/aromatic N) is 2. The molecule has 1 heterocycles. The monoisotopic (exact) mass is 382 g/mol. The summed E-state index contributed by atoms with van der Waals surface area (Å²) in [5, 5.41) is 12.0. The normalized spacial score (nSPS) is 12.2. The van der Waals surface area contributed by atoms with Crippen LogP contribution < -0.4 is 9.96 Å².